The number of hydrogen-bond donors (Lipinski definition) is 1. The number of ether oxygens (including phenoxy) is 1. The smallest absolute Gasteiger partial charge is 0.145 e. The molecule has 0 bridgehead atoms. The van der Waals surface area contributed by atoms with Crippen molar-refractivity contribution in [2.45, 2.75) is 26.8 Å². The molecule has 1 aliphatic heterocycles. The molecule has 0 saturated heterocycles. The minimum absolute atomic E-state index is 0.733. The Balaban J connectivity index is 1.43. The molecule has 3 aromatic heterocycles. The zero-order valence-corrected chi connectivity index (χ0v) is 18.1. The first-order valence-corrected chi connectivity index (χ1v) is 10.8. The van der Waals surface area contributed by atoms with E-state index in [1.165, 1.54) is 10.4 Å². The fourth-order valence-corrected chi connectivity index (χ4v) is 5.04. The maximum atomic E-state index is 5.99. The highest BCUT2D eigenvalue weighted by Crippen LogP contribution is 2.38. The Morgan fingerprint density at radius 2 is 2.00 bits per heavy atom. The molecule has 152 valence electrons. The standard InChI is InChI=1S/C23H23N5OS/c1-14-10-16(5-7-19(14)29-17-6-4-15(2)24-11-17)27-22-21-18-8-9-28(3)12-20(18)30-23(21)26-13-25-22/h4-7,10-11,13H,8-9,12H2,1-3H3,(H,25,26,27). The summed E-state index contributed by atoms with van der Waals surface area (Å²) in [7, 11) is 2.16. The zero-order valence-electron chi connectivity index (χ0n) is 17.3. The van der Waals surface area contributed by atoms with Crippen LogP contribution in [0.25, 0.3) is 10.2 Å². The van der Waals surface area contributed by atoms with Crippen LogP contribution >= 0.6 is 11.3 Å². The summed E-state index contributed by atoms with van der Waals surface area (Å²) < 4.78 is 5.99. The lowest BCUT2D eigenvalue weighted by Gasteiger charge is -2.22. The van der Waals surface area contributed by atoms with Crippen LogP contribution in [0.1, 0.15) is 21.7 Å². The fourth-order valence-electron chi connectivity index (χ4n) is 3.77. The normalized spacial score (nSPS) is 14.0. The number of aromatic nitrogens is 3. The van der Waals surface area contributed by atoms with E-state index in [1.807, 2.05) is 38.1 Å². The average Bonchev–Trinajstić information content (AvgIpc) is 3.10. The van der Waals surface area contributed by atoms with E-state index in [4.69, 9.17) is 4.74 Å². The molecule has 4 aromatic rings. The third-order valence-electron chi connectivity index (χ3n) is 5.38. The number of pyridine rings is 1. The zero-order chi connectivity index (χ0) is 20.7. The first kappa shape index (κ1) is 19.0. The number of hydrogen-bond acceptors (Lipinski definition) is 7. The summed E-state index contributed by atoms with van der Waals surface area (Å²) in [5.74, 6) is 2.42. The number of aryl methyl sites for hydroxylation is 2. The second-order valence-corrected chi connectivity index (χ2v) is 8.82. The summed E-state index contributed by atoms with van der Waals surface area (Å²) in [6.45, 7) is 6.05. The number of thiophene rings is 1. The lowest BCUT2D eigenvalue weighted by atomic mass is 10.1. The van der Waals surface area contributed by atoms with E-state index in [9.17, 15) is 0 Å². The van der Waals surface area contributed by atoms with Gasteiger partial charge in [0.05, 0.1) is 11.6 Å². The predicted octanol–water partition coefficient (Wildman–Crippen LogP) is 5.23. The largest absolute Gasteiger partial charge is 0.455 e. The van der Waals surface area contributed by atoms with Gasteiger partial charge in [-0.05, 0) is 68.8 Å². The van der Waals surface area contributed by atoms with Crippen LogP contribution in [-0.2, 0) is 13.0 Å². The van der Waals surface area contributed by atoms with Crippen molar-refractivity contribution in [1.29, 1.82) is 0 Å². The summed E-state index contributed by atoms with van der Waals surface area (Å²) in [6, 6.07) is 9.96. The predicted molar refractivity (Wildman–Crippen MR) is 121 cm³/mol. The number of rotatable bonds is 4. The van der Waals surface area contributed by atoms with Gasteiger partial charge in [-0.1, -0.05) is 0 Å². The maximum absolute atomic E-state index is 5.99. The first-order valence-electron chi connectivity index (χ1n) is 9.99. The minimum Gasteiger partial charge on any atom is -0.455 e. The molecule has 1 aliphatic rings. The molecule has 4 heterocycles. The van der Waals surface area contributed by atoms with Gasteiger partial charge >= 0.3 is 0 Å². The van der Waals surface area contributed by atoms with Gasteiger partial charge in [0.15, 0.2) is 0 Å². The Hall–Kier alpha value is -3.03. The van der Waals surface area contributed by atoms with Gasteiger partial charge in [0.25, 0.3) is 0 Å². The molecule has 7 heteroatoms. The van der Waals surface area contributed by atoms with Gasteiger partial charge in [0.1, 0.15) is 28.5 Å². The van der Waals surface area contributed by atoms with E-state index in [1.54, 1.807) is 23.9 Å². The van der Waals surface area contributed by atoms with Crippen molar-refractivity contribution in [2.75, 3.05) is 18.9 Å². The Morgan fingerprint density at radius 1 is 1.10 bits per heavy atom. The third kappa shape index (κ3) is 3.62. The van der Waals surface area contributed by atoms with Crippen LogP contribution in [0.3, 0.4) is 0 Å². The van der Waals surface area contributed by atoms with Crippen LogP contribution in [0.15, 0.2) is 42.9 Å². The molecule has 0 spiro atoms. The fraction of sp³-hybridized carbons (Fsp3) is 0.261. The highest BCUT2D eigenvalue weighted by atomic mass is 32.1. The third-order valence-corrected chi connectivity index (χ3v) is 6.50. The van der Waals surface area contributed by atoms with Gasteiger partial charge in [-0.25, -0.2) is 9.97 Å². The highest BCUT2D eigenvalue weighted by Gasteiger charge is 2.22. The lowest BCUT2D eigenvalue weighted by molar-refractivity contribution is 0.318. The van der Waals surface area contributed by atoms with Gasteiger partial charge in [-0.3, -0.25) is 4.98 Å². The van der Waals surface area contributed by atoms with Crippen molar-refractivity contribution in [1.82, 2.24) is 19.9 Å². The van der Waals surface area contributed by atoms with E-state index in [0.29, 0.717) is 0 Å². The van der Waals surface area contributed by atoms with Crippen LogP contribution in [0.2, 0.25) is 0 Å². The Morgan fingerprint density at radius 3 is 2.80 bits per heavy atom. The monoisotopic (exact) mass is 417 g/mol. The summed E-state index contributed by atoms with van der Waals surface area (Å²) in [5.41, 5.74) is 4.38. The van der Waals surface area contributed by atoms with Crippen molar-refractivity contribution in [3.63, 3.8) is 0 Å². The molecule has 5 rings (SSSR count). The van der Waals surface area contributed by atoms with Crippen LogP contribution in [0, 0.1) is 13.8 Å². The molecule has 6 nitrogen and oxygen atoms in total. The van der Waals surface area contributed by atoms with Crippen LogP contribution in [0.4, 0.5) is 11.5 Å². The maximum Gasteiger partial charge on any atom is 0.145 e. The summed E-state index contributed by atoms with van der Waals surface area (Å²) in [6.07, 6.45) is 4.42. The molecule has 0 amide bonds. The number of anilines is 2. The molecular formula is C23H23N5OS. The van der Waals surface area contributed by atoms with Gasteiger partial charge in [-0.2, -0.15) is 0 Å². The SMILES string of the molecule is Cc1ccc(Oc2ccc(Nc3ncnc4sc5c(c34)CCN(C)C5)cc2C)cn1. The number of benzene rings is 1. The molecule has 0 atom stereocenters. The minimum atomic E-state index is 0.733. The number of fused-ring (bicyclic) bond motifs is 3. The highest BCUT2D eigenvalue weighted by molar-refractivity contribution is 7.19. The number of likely N-dealkylation sites (N-methyl/N-ethyl adjacent to an activating group) is 1. The van der Waals surface area contributed by atoms with Gasteiger partial charge < -0.3 is 15.0 Å². The summed E-state index contributed by atoms with van der Waals surface area (Å²) in [4.78, 5) is 18.2. The van der Waals surface area contributed by atoms with Crippen LogP contribution < -0.4 is 10.1 Å². The number of nitrogens with one attached hydrogen (secondary N) is 1. The lowest BCUT2D eigenvalue weighted by Crippen LogP contribution is -2.25. The molecule has 30 heavy (non-hydrogen) atoms. The van der Waals surface area contributed by atoms with E-state index < -0.39 is 0 Å². The topological polar surface area (TPSA) is 63.2 Å². The molecule has 1 aromatic carbocycles. The second kappa shape index (κ2) is 7.66. The van der Waals surface area contributed by atoms with E-state index >= 15 is 0 Å². The Bertz CT molecular complexity index is 1220. The molecule has 0 fully saturated rings. The molecular weight excluding hydrogens is 394 g/mol. The summed E-state index contributed by atoms with van der Waals surface area (Å²) in [5, 5.41) is 4.67. The van der Waals surface area contributed by atoms with E-state index in [0.717, 1.165) is 64.0 Å². The van der Waals surface area contributed by atoms with Crippen molar-refractivity contribution in [3.8, 4) is 11.5 Å². The van der Waals surface area contributed by atoms with Crippen molar-refractivity contribution >= 4 is 33.1 Å². The van der Waals surface area contributed by atoms with Gasteiger partial charge in [0.2, 0.25) is 0 Å². The second-order valence-electron chi connectivity index (χ2n) is 7.74. The van der Waals surface area contributed by atoms with Crippen LogP contribution in [-0.4, -0.2) is 33.4 Å². The van der Waals surface area contributed by atoms with Gasteiger partial charge in [-0.15, -0.1) is 11.3 Å². The van der Waals surface area contributed by atoms with Gasteiger partial charge in [0, 0.05) is 29.3 Å². The molecule has 1 N–H and O–H groups in total. The van der Waals surface area contributed by atoms with Crippen LogP contribution in [0.5, 0.6) is 11.5 Å². The average molecular weight is 418 g/mol. The Labute approximate surface area is 179 Å². The quantitative estimate of drug-likeness (QED) is 0.491. The molecule has 0 aliphatic carbocycles. The Kier molecular flexibility index (Phi) is 4.84. The van der Waals surface area contributed by atoms with Crippen molar-refractivity contribution in [2.24, 2.45) is 0 Å². The van der Waals surface area contributed by atoms with Crippen molar-refractivity contribution in [3.05, 3.63) is 64.6 Å². The van der Waals surface area contributed by atoms with Crippen molar-refractivity contribution < 1.29 is 4.74 Å². The molecule has 0 saturated carbocycles. The summed E-state index contributed by atoms with van der Waals surface area (Å²) >= 11 is 1.78. The molecule has 0 unspecified atom stereocenters. The number of nitrogens with zero attached hydrogens (tertiary/aromatic N) is 4. The first-order chi connectivity index (χ1) is 14.6. The van der Waals surface area contributed by atoms with E-state index in [2.05, 4.69) is 38.3 Å². The van der Waals surface area contributed by atoms with E-state index in [-0.39, 0.29) is 0 Å². The molecule has 0 radical (unpaired) electrons.